The predicted octanol–water partition coefficient (Wildman–Crippen LogP) is 3.47. The Morgan fingerprint density at radius 3 is 2.20 bits per heavy atom. The van der Waals surface area contributed by atoms with Crippen LogP contribution in [0.3, 0.4) is 0 Å². The molecule has 0 aromatic carbocycles. The van der Waals surface area contributed by atoms with Gasteiger partial charge < -0.3 is 20.1 Å². The Kier molecular flexibility index (Phi) is 18.1. The third-order valence-electron chi connectivity index (χ3n) is 4.29. The van der Waals surface area contributed by atoms with E-state index in [1.165, 1.54) is 19.3 Å². The third kappa shape index (κ3) is 19.0. The van der Waals surface area contributed by atoms with Crippen LogP contribution in [0.1, 0.15) is 84.5 Å². The molecule has 0 bridgehead atoms. The van der Waals surface area contributed by atoms with Crippen LogP contribution >= 0.6 is 7.82 Å². The lowest BCUT2D eigenvalue weighted by Crippen LogP contribution is -2.27. The lowest BCUT2D eigenvalue weighted by Gasteiger charge is -2.15. The molecule has 0 aliphatic carbocycles. The monoisotopic (exact) mass is 453 g/mol. The lowest BCUT2D eigenvalue weighted by atomic mass is 10.1. The van der Waals surface area contributed by atoms with Crippen molar-refractivity contribution in [1.82, 2.24) is 5.32 Å². The molecule has 0 rings (SSSR count). The molecule has 178 valence electrons. The second-order valence-corrected chi connectivity index (χ2v) is 8.71. The topological polar surface area (TPSA) is 131 Å². The number of rotatable bonds is 20. The van der Waals surface area contributed by atoms with Crippen LogP contribution in [0.25, 0.3) is 0 Å². The summed E-state index contributed by atoms with van der Waals surface area (Å²) in [5, 5.41) is 12.3. The molecular weight excluding hydrogens is 413 g/mol. The summed E-state index contributed by atoms with van der Waals surface area (Å²) >= 11 is 0. The number of hydrogen-bond donors (Lipinski definition) is 3. The third-order valence-corrected chi connectivity index (χ3v) is 5.27. The quantitative estimate of drug-likeness (QED) is 0.145. The van der Waals surface area contributed by atoms with Crippen LogP contribution in [0.2, 0.25) is 0 Å². The van der Waals surface area contributed by atoms with Crippen molar-refractivity contribution in [2.45, 2.75) is 90.6 Å². The van der Waals surface area contributed by atoms with E-state index in [0.717, 1.165) is 38.5 Å². The van der Waals surface area contributed by atoms with E-state index < -0.39 is 26.5 Å². The zero-order valence-corrected chi connectivity index (χ0v) is 19.4. The van der Waals surface area contributed by atoms with Crippen LogP contribution < -0.4 is 5.32 Å². The molecule has 0 radical (unpaired) electrons. The highest BCUT2D eigenvalue weighted by Crippen LogP contribution is 2.42. The fourth-order valence-electron chi connectivity index (χ4n) is 2.55. The molecule has 30 heavy (non-hydrogen) atoms. The Bertz CT molecular complexity index is 503. The smallest absolute Gasteiger partial charge is 0.463 e. The summed E-state index contributed by atoms with van der Waals surface area (Å²) in [7, 11) is -4.36. The first-order valence-electron chi connectivity index (χ1n) is 11.0. The average Bonchev–Trinajstić information content (AvgIpc) is 2.71. The van der Waals surface area contributed by atoms with Gasteiger partial charge in [-0.1, -0.05) is 58.8 Å². The maximum Gasteiger partial charge on any atom is 0.472 e. The molecule has 1 amide bonds. The maximum absolute atomic E-state index is 11.8. The summed E-state index contributed by atoms with van der Waals surface area (Å²) < 4.78 is 26.0. The van der Waals surface area contributed by atoms with Crippen molar-refractivity contribution in [3.63, 3.8) is 0 Å². The predicted molar refractivity (Wildman–Crippen MR) is 114 cm³/mol. The summed E-state index contributed by atoms with van der Waals surface area (Å²) in [6.07, 6.45) is 8.63. The second-order valence-electron chi connectivity index (χ2n) is 7.26. The number of aliphatic hydroxyl groups is 1. The van der Waals surface area contributed by atoms with Crippen LogP contribution in [0.15, 0.2) is 0 Å². The van der Waals surface area contributed by atoms with E-state index in [1.807, 2.05) is 6.92 Å². The van der Waals surface area contributed by atoms with Crippen molar-refractivity contribution in [2.24, 2.45) is 0 Å². The van der Waals surface area contributed by atoms with Gasteiger partial charge in [0.25, 0.3) is 0 Å². The number of carbonyl (C=O) groups excluding carboxylic acids is 2. The first-order chi connectivity index (χ1) is 14.3. The van der Waals surface area contributed by atoms with Gasteiger partial charge in [-0.2, -0.15) is 0 Å². The first kappa shape index (κ1) is 29.0. The number of nitrogens with one attached hydrogen (secondary N) is 1. The van der Waals surface area contributed by atoms with Crippen molar-refractivity contribution >= 4 is 19.7 Å². The highest BCUT2D eigenvalue weighted by molar-refractivity contribution is 7.47. The molecule has 2 atom stereocenters. The number of ether oxygens (including phenoxy) is 1. The van der Waals surface area contributed by atoms with Crippen LogP contribution in [0.4, 0.5) is 0 Å². The Balaban J connectivity index is 3.75. The number of unbranched alkanes of at least 4 members (excludes halogenated alkanes) is 7. The van der Waals surface area contributed by atoms with Crippen molar-refractivity contribution in [2.75, 3.05) is 26.4 Å². The highest BCUT2D eigenvalue weighted by atomic mass is 31.2. The Morgan fingerprint density at radius 2 is 1.50 bits per heavy atom. The molecule has 2 unspecified atom stereocenters. The average molecular weight is 454 g/mol. The van der Waals surface area contributed by atoms with E-state index in [-0.39, 0.29) is 32.1 Å². The standard InChI is InChI=1S/C20H40NO8P/c1-3-5-7-8-9-11-12-19(23)21-14-15-28-30(25,26)29-17-18(22)16-27-20(24)13-10-6-4-2/h18,22H,3-17H2,1-2H3,(H,21,23)(H,25,26). The summed E-state index contributed by atoms with van der Waals surface area (Å²) in [5.41, 5.74) is 0. The number of esters is 1. The van der Waals surface area contributed by atoms with Gasteiger partial charge in [0.2, 0.25) is 5.91 Å². The molecule has 0 spiro atoms. The van der Waals surface area contributed by atoms with Gasteiger partial charge in [-0.25, -0.2) is 4.57 Å². The van der Waals surface area contributed by atoms with Crippen LogP contribution in [0.5, 0.6) is 0 Å². The molecule has 10 heteroatoms. The number of amides is 1. The van der Waals surface area contributed by atoms with Crippen molar-refractivity contribution in [3.05, 3.63) is 0 Å². The molecule has 3 N–H and O–H groups in total. The number of carbonyl (C=O) groups is 2. The fraction of sp³-hybridized carbons (Fsp3) is 0.900. The van der Waals surface area contributed by atoms with E-state index in [9.17, 15) is 24.2 Å². The molecule has 0 saturated carbocycles. The van der Waals surface area contributed by atoms with Gasteiger partial charge in [0.05, 0.1) is 13.2 Å². The molecule has 9 nitrogen and oxygen atoms in total. The van der Waals surface area contributed by atoms with Crippen LogP contribution in [0, 0.1) is 0 Å². The number of phosphoric acid groups is 1. The summed E-state index contributed by atoms with van der Waals surface area (Å²) in [4.78, 5) is 32.7. The minimum atomic E-state index is -4.36. The molecule has 0 aromatic rings. The van der Waals surface area contributed by atoms with Gasteiger partial charge in [-0.05, 0) is 12.8 Å². The Morgan fingerprint density at radius 1 is 0.900 bits per heavy atom. The minimum Gasteiger partial charge on any atom is -0.463 e. The van der Waals surface area contributed by atoms with Crippen molar-refractivity contribution in [1.29, 1.82) is 0 Å². The van der Waals surface area contributed by atoms with E-state index in [0.29, 0.717) is 6.42 Å². The molecule has 0 aliphatic rings. The van der Waals surface area contributed by atoms with Gasteiger partial charge in [-0.3, -0.25) is 18.6 Å². The summed E-state index contributed by atoms with van der Waals surface area (Å²) in [6.45, 7) is 3.23. The summed E-state index contributed by atoms with van der Waals surface area (Å²) in [6, 6.07) is 0. The fourth-order valence-corrected chi connectivity index (χ4v) is 3.31. The van der Waals surface area contributed by atoms with Gasteiger partial charge in [0.15, 0.2) is 0 Å². The number of hydrogen-bond acceptors (Lipinski definition) is 7. The molecule has 0 aliphatic heterocycles. The SMILES string of the molecule is CCCCCCCCC(=O)NCCOP(=O)(O)OCC(O)COC(=O)CCCCC. The minimum absolute atomic E-state index is 0.0838. The van der Waals surface area contributed by atoms with Crippen LogP contribution in [-0.2, 0) is 27.9 Å². The van der Waals surface area contributed by atoms with Crippen molar-refractivity contribution < 1.29 is 37.9 Å². The van der Waals surface area contributed by atoms with Gasteiger partial charge in [0, 0.05) is 19.4 Å². The number of phosphoric ester groups is 1. The van der Waals surface area contributed by atoms with Gasteiger partial charge >= 0.3 is 13.8 Å². The number of aliphatic hydroxyl groups excluding tert-OH is 1. The molecule has 0 fully saturated rings. The zero-order chi connectivity index (χ0) is 22.7. The largest absolute Gasteiger partial charge is 0.472 e. The molecular formula is C20H40NO8P. The van der Waals surface area contributed by atoms with E-state index in [2.05, 4.69) is 16.8 Å². The summed E-state index contributed by atoms with van der Waals surface area (Å²) in [5.74, 6) is -0.554. The molecule has 0 aromatic heterocycles. The van der Waals surface area contributed by atoms with Gasteiger partial charge in [-0.15, -0.1) is 0 Å². The second kappa shape index (κ2) is 18.8. The van der Waals surface area contributed by atoms with E-state index >= 15 is 0 Å². The van der Waals surface area contributed by atoms with E-state index in [1.54, 1.807) is 0 Å². The zero-order valence-electron chi connectivity index (χ0n) is 18.5. The normalized spacial score (nSPS) is 14.1. The molecule has 0 heterocycles. The Hall–Kier alpha value is -0.990. The molecule has 0 saturated heterocycles. The van der Waals surface area contributed by atoms with Crippen LogP contribution in [-0.4, -0.2) is 54.3 Å². The highest BCUT2D eigenvalue weighted by Gasteiger charge is 2.23. The van der Waals surface area contributed by atoms with E-state index in [4.69, 9.17) is 9.26 Å². The van der Waals surface area contributed by atoms with Crippen molar-refractivity contribution in [3.8, 4) is 0 Å². The Labute approximate surface area is 180 Å². The first-order valence-corrected chi connectivity index (χ1v) is 12.5. The van der Waals surface area contributed by atoms with Gasteiger partial charge in [0.1, 0.15) is 12.7 Å². The lowest BCUT2D eigenvalue weighted by molar-refractivity contribution is -0.147. The maximum atomic E-state index is 11.8.